The van der Waals surface area contributed by atoms with Gasteiger partial charge in [-0.3, -0.25) is 9.69 Å². The molecule has 1 atom stereocenters. The number of aromatic hydroxyl groups is 1. The van der Waals surface area contributed by atoms with Crippen molar-refractivity contribution in [2.24, 2.45) is 0 Å². The van der Waals surface area contributed by atoms with Gasteiger partial charge in [-0.15, -0.1) is 0 Å². The molecule has 1 amide bonds. The molecule has 0 saturated carbocycles. The van der Waals surface area contributed by atoms with Crippen molar-refractivity contribution in [1.29, 1.82) is 0 Å². The number of rotatable bonds is 1. The molecule has 19 heavy (non-hydrogen) atoms. The van der Waals surface area contributed by atoms with Crippen molar-refractivity contribution in [3.8, 4) is 5.75 Å². The Kier molecular flexibility index (Phi) is 3.14. The number of hydrogen-bond donors (Lipinski definition) is 1. The van der Waals surface area contributed by atoms with Gasteiger partial charge in [0.1, 0.15) is 11.6 Å². The highest BCUT2D eigenvalue weighted by Gasteiger charge is 2.33. The number of amides is 1. The van der Waals surface area contributed by atoms with Crippen molar-refractivity contribution in [1.82, 2.24) is 9.80 Å². The third kappa shape index (κ3) is 2.30. The Balaban J connectivity index is 1.76. The zero-order chi connectivity index (χ0) is 13.4. The second-order valence-corrected chi connectivity index (χ2v) is 5.25. The summed E-state index contributed by atoms with van der Waals surface area (Å²) in [4.78, 5) is 16.4. The van der Waals surface area contributed by atoms with Gasteiger partial charge in [0.15, 0.2) is 0 Å². The van der Waals surface area contributed by atoms with Crippen LogP contribution in [0.4, 0.5) is 4.39 Å². The van der Waals surface area contributed by atoms with Gasteiger partial charge in [0, 0.05) is 31.7 Å². The third-order valence-corrected chi connectivity index (χ3v) is 4.06. The first kappa shape index (κ1) is 12.4. The molecule has 5 heteroatoms. The van der Waals surface area contributed by atoms with Crippen LogP contribution in [0.15, 0.2) is 18.2 Å². The number of piperazine rings is 1. The van der Waals surface area contributed by atoms with Crippen molar-refractivity contribution in [2.75, 3.05) is 26.2 Å². The molecule has 3 rings (SSSR count). The Labute approximate surface area is 111 Å². The molecule has 2 aliphatic rings. The molecule has 2 aliphatic heterocycles. The second-order valence-electron chi connectivity index (χ2n) is 5.25. The second kappa shape index (κ2) is 4.81. The summed E-state index contributed by atoms with van der Waals surface area (Å²) in [6, 6.07) is 4.12. The van der Waals surface area contributed by atoms with Crippen LogP contribution < -0.4 is 0 Å². The minimum Gasteiger partial charge on any atom is -0.508 e. The van der Waals surface area contributed by atoms with Crippen LogP contribution in [-0.4, -0.2) is 53.0 Å². The van der Waals surface area contributed by atoms with E-state index < -0.39 is 5.82 Å². The number of phenols is 1. The van der Waals surface area contributed by atoms with Crippen molar-refractivity contribution < 1.29 is 14.3 Å². The lowest BCUT2D eigenvalue weighted by Crippen LogP contribution is -2.52. The van der Waals surface area contributed by atoms with Crippen LogP contribution in [0.1, 0.15) is 23.2 Å². The number of benzene rings is 1. The van der Waals surface area contributed by atoms with Crippen LogP contribution in [0, 0.1) is 5.82 Å². The molecular weight excluding hydrogens is 247 g/mol. The van der Waals surface area contributed by atoms with Gasteiger partial charge in [-0.2, -0.15) is 0 Å². The first-order valence-electron chi connectivity index (χ1n) is 6.67. The smallest absolute Gasteiger partial charge is 0.256 e. The SMILES string of the molecule is O=C(c1ccc(O)cc1F)N1CCN2CCCC2C1. The van der Waals surface area contributed by atoms with Gasteiger partial charge in [-0.1, -0.05) is 0 Å². The predicted octanol–water partition coefficient (Wildman–Crippen LogP) is 1.45. The molecule has 0 aliphatic carbocycles. The molecular formula is C14H17FN2O2. The van der Waals surface area contributed by atoms with Crippen molar-refractivity contribution in [3.05, 3.63) is 29.6 Å². The van der Waals surface area contributed by atoms with Gasteiger partial charge in [0.25, 0.3) is 5.91 Å². The van der Waals surface area contributed by atoms with E-state index in [1.807, 2.05) is 0 Å². The highest BCUT2D eigenvalue weighted by Crippen LogP contribution is 2.23. The topological polar surface area (TPSA) is 43.8 Å². The summed E-state index contributed by atoms with van der Waals surface area (Å²) in [5.41, 5.74) is 0.0456. The quantitative estimate of drug-likeness (QED) is 0.835. The number of phenolic OH excluding ortho intramolecular Hbond substituents is 1. The molecule has 0 bridgehead atoms. The fraction of sp³-hybridized carbons (Fsp3) is 0.500. The van der Waals surface area contributed by atoms with E-state index in [4.69, 9.17) is 0 Å². The summed E-state index contributed by atoms with van der Waals surface area (Å²) in [5, 5.41) is 9.18. The lowest BCUT2D eigenvalue weighted by Gasteiger charge is -2.37. The number of fused-ring (bicyclic) bond motifs is 1. The van der Waals surface area contributed by atoms with Crippen LogP contribution >= 0.6 is 0 Å². The van der Waals surface area contributed by atoms with Crippen LogP contribution in [0.3, 0.4) is 0 Å². The monoisotopic (exact) mass is 264 g/mol. The Hall–Kier alpha value is -1.62. The molecule has 102 valence electrons. The molecule has 1 unspecified atom stereocenters. The average Bonchev–Trinajstić information content (AvgIpc) is 2.85. The minimum absolute atomic E-state index is 0.0456. The third-order valence-electron chi connectivity index (χ3n) is 4.06. The Morgan fingerprint density at radius 1 is 1.32 bits per heavy atom. The highest BCUT2D eigenvalue weighted by molar-refractivity contribution is 5.94. The predicted molar refractivity (Wildman–Crippen MR) is 68.6 cm³/mol. The van der Waals surface area contributed by atoms with E-state index in [1.54, 1.807) is 4.90 Å². The summed E-state index contributed by atoms with van der Waals surface area (Å²) in [7, 11) is 0. The fourth-order valence-corrected chi connectivity index (χ4v) is 3.02. The maximum Gasteiger partial charge on any atom is 0.256 e. The molecule has 0 spiro atoms. The van der Waals surface area contributed by atoms with Gasteiger partial charge in [0.2, 0.25) is 0 Å². The number of nitrogens with zero attached hydrogens (tertiary/aromatic N) is 2. The lowest BCUT2D eigenvalue weighted by atomic mass is 10.1. The zero-order valence-electron chi connectivity index (χ0n) is 10.7. The molecule has 1 aromatic carbocycles. The fourth-order valence-electron chi connectivity index (χ4n) is 3.02. The van der Waals surface area contributed by atoms with Gasteiger partial charge in [-0.05, 0) is 31.5 Å². The van der Waals surface area contributed by atoms with Crippen molar-refractivity contribution in [2.45, 2.75) is 18.9 Å². The molecule has 0 radical (unpaired) electrons. The van der Waals surface area contributed by atoms with E-state index in [0.717, 1.165) is 25.6 Å². The zero-order valence-corrected chi connectivity index (χ0v) is 10.7. The molecule has 2 fully saturated rings. The Bertz CT molecular complexity index is 506. The first-order valence-corrected chi connectivity index (χ1v) is 6.67. The maximum absolute atomic E-state index is 13.7. The lowest BCUT2D eigenvalue weighted by molar-refractivity contribution is 0.0567. The molecule has 2 heterocycles. The van der Waals surface area contributed by atoms with Crippen LogP contribution in [-0.2, 0) is 0 Å². The van der Waals surface area contributed by atoms with Crippen LogP contribution in [0.5, 0.6) is 5.75 Å². The van der Waals surface area contributed by atoms with Crippen molar-refractivity contribution in [3.63, 3.8) is 0 Å². The van der Waals surface area contributed by atoms with E-state index in [1.165, 1.54) is 18.6 Å². The minimum atomic E-state index is -0.654. The summed E-state index contributed by atoms with van der Waals surface area (Å²) >= 11 is 0. The molecule has 2 saturated heterocycles. The number of halogens is 1. The summed E-state index contributed by atoms with van der Waals surface area (Å²) in [6.07, 6.45) is 2.29. The number of carbonyl (C=O) groups is 1. The highest BCUT2D eigenvalue weighted by atomic mass is 19.1. The van der Waals surface area contributed by atoms with Gasteiger partial charge >= 0.3 is 0 Å². The maximum atomic E-state index is 13.7. The molecule has 1 N–H and O–H groups in total. The van der Waals surface area contributed by atoms with E-state index in [2.05, 4.69) is 4.90 Å². The van der Waals surface area contributed by atoms with Gasteiger partial charge in [0.05, 0.1) is 5.56 Å². The normalized spacial score (nSPS) is 23.4. The van der Waals surface area contributed by atoms with Crippen LogP contribution in [0.25, 0.3) is 0 Å². The van der Waals surface area contributed by atoms with E-state index >= 15 is 0 Å². The van der Waals surface area contributed by atoms with Gasteiger partial charge < -0.3 is 10.0 Å². The van der Waals surface area contributed by atoms with Crippen molar-refractivity contribution >= 4 is 5.91 Å². The number of carbonyl (C=O) groups excluding carboxylic acids is 1. The molecule has 4 nitrogen and oxygen atoms in total. The Morgan fingerprint density at radius 2 is 2.16 bits per heavy atom. The largest absolute Gasteiger partial charge is 0.508 e. The van der Waals surface area contributed by atoms with E-state index in [0.29, 0.717) is 19.1 Å². The summed E-state index contributed by atoms with van der Waals surface area (Å²) < 4.78 is 13.7. The van der Waals surface area contributed by atoms with Crippen LogP contribution in [0.2, 0.25) is 0 Å². The standard InChI is InChI=1S/C14H17FN2O2/c15-13-8-11(18)3-4-12(13)14(19)17-7-6-16-5-1-2-10(16)9-17/h3-4,8,10,18H,1-2,5-7,9H2. The van der Waals surface area contributed by atoms with Gasteiger partial charge in [-0.25, -0.2) is 4.39 Å². The Morgan fingerprint density at radius 3 is 2.95 bits per heavy atom. The first-order chi connectivity index (χ1) is 9.15. The summed E-state index contributed by atoms with van der Waals surface area (Å²) in [6.45, 7) is 3.31. The molecule has 0 aromatic heterocycles. The number of hydrogen-bond acceptors (Lipinski definition) is 3. The summed E-state index contributed by atoms with van der Waals surface area (Å²) in [5.74, 6) is -1.09. The molecule has 1 aromatic rings. The van der Waals surface area contributed by atoms with E-state index in [-0.39, 0.29) is 17.2 Å². The van der Waals surface area contributed by atoms with E-state index in [9.17, 15) is 14.3 Å². The average molecular weight is 264 g/mol.